The van der Waals surface area contributed by atoms with Crippen molar-refractivity contribution < 1.29 is 0 Å². The van der Waals surface area contributed by atoms with Gasteiger partial charge in [0.15, 0.2) is 5.16 Å². The molecule has 0 bridgehead atoms. The molecule has 0 amide bonds. The van der Waals surface area contributed by atoms with Gasteiger partial charge in [-0.25, -0.2) is 4.98 Å². The molecule has 120 valence electrons. The molecule has 3 rings (SSSR count). The van der Waals surface area contributed by atoms with E-state index < -0.39 is 0 Å². The van der Waals surface area contributed by atoms with Gasteiger partial charge in [-0.3, -0.25) is 9.36 Å². The highest BCUT2D eigenvalue weighted by Crippen LogP contribution is 2.23. The van der Waals surface area contributed by atoms with Crippen molar-refractivity contribution in [2.24, 2.45) is 0 Å². The molecule has 0 saturated carbocycles. The Morgan fingerprint density at radius 1 is 1.29 bits per heavy atom. The number of nitriles is 1. The maximum Gasteiger partial charge on any atom is 0.262 e. The first-order valence-electron chi connectivity index (χ1n) is 7.03. The van der Waals surface area contributed by atoms with Gasteiger partial charge in [0.1, 0.15) is 0 Å². The molecule has 0 N–H and O–H groups in total. The van der Waals surface area contributed by atoms with E-state index in [1.54, 1.807) is 22.8 Å². The Balaban J connectivity index is 2.19. The van der Waals surface area contributed by atoms with Gasteiger partial charge in [0.25, 0.3) is 5.56 Å². The topological polar surface area (TPSA) is 58.7 Å². The summed E-state index contributed by atoms with van der Waals surface area (Å²) in [6, 6.07) is 14.8. The van der Waals surface area contributed by atoms with Gasteiger partial charge >= 0.3 is 0 Å². The lowest BCUT2D eigenvalue weighted by Gasteiger charge is -2.13. The number of benzene rings is 2. The predicted octanol–water partition coefficient (Wildman–Crippen LogP) is 4.48. The van der Waals surface area contributed by atoms with Gasteiger partial charge in [-0.2, -0.15) is 5.26 Å². The zero-order valence-corrected chi connectivity index (χ0v) is 15.5. The van der Waals surface area contributed by atoms with Crippen molar-refractivity contribution in [3.05, 3.63) is 67.9 Å². The molecule has 4 nitrogen and oxygen atoms in total. The molecule has 2 aromatic carbocycles. The lowest BCUT2D eigenvalue weighted by Crippen LogP contribution is -2.24. The van der Waals surface area contributed by atoms with Crippen LogP contribution in [0.25, 0.3) is 10.9 Å². The Bertz CT molecular complexity index is 1010. The van der Waals surface area contributed by atoms with Crippen molar-refractivity contribution in [2.45, 2.75) is 11.7 Å². The molecule has 24 heavy (non-hydrogen) atoms. The molecule has 0 aliphatic heterocycles. The van der Waals surface area contributed by atoms with Crippen LogP contribution in [0, 0.1) is 11.3 Å². The fourth-order valence-electron chi connectivity index (χ4n) is 2.32. The van der Waals surface area contributed by atoms with Gasteiger partial charge in [0.2, 0.25) is 0 Å². The van der Waals surface area contributed by atoms with Gasteiger partial charge in [0, 0.05) is 9.50 Å². The summed E-state index contributed by atoms with van der Waals surface area (Å²) in [6.07, 6.45) is 0. The maximum absolute atomic E-state index is 12.9. The second-order valence-corrected chi connectivity index (χ2v) is 7.25. The summed E-state index contributed by atoms with van der Waals surface area (Å²) in [6.45, 7) is 0.307. The quantitative estimate of drug-likeness (QED) is 0.461. The Kier molecular flexibility index (Phi) is 5.24. The van der Waals surface area contributed by atoms with Gasteiger partial charge in [0.05, 0.1) is 29.3 Å². The molecule has 0 fully saturated rings. The number of fused-ring (bicyclic) bond motifs is 1. The van der Waals surface area contributed by atoms with Crippen LogP contribution in [0.5, 0.6) is 0 Å². The zero-order chi connectivity index (χ0) is 17.1. The molecular weight excluding hydrogens is 410 g/mol. The summed E-state index contributed by atoms with van der Waals surface area (Å²) in [5.41, 5.74) is 1.29. The van der Waals surface area contributed by atoms with E-state index >= 15 is 0 Å². The van der Waals surface area contributed by atoms with Crippen molar-refractivity contribution in [2.75, 3.05) is 5.75 Å². The normalized spacial score (nSPS) is 10.7. The first-order valence-corrected chi connectivity index (χ1v) is 9.19. The van der Waals surface area contributed by atoms with Crippen LogP contribution >= 0.6 is 39.3 Å². The minimum atomic E-state index is -0.151. The minimum absolute atomic E-state index is 0.151. The molecule has 1 heterocycles. The summed E-state index contributed by atoms with van der Waals surface area (Å²) in [5, 5.41) is 10.5. The van der Waals surface area contributed by atoms with Crippen LogP contribution < -0.4 is 5.56 Å². The molecule has 1 aromatic heterocycles. The van der Waals surface area contributed by atoms with E-state index in [2.05, 4.69) is 27.0 Å². The van der Waals surface area contributed by atoms with E-state index in [4.69, 9.17) is 16.9 Å². The highest BCUT2D eigenvalue weighted by Gasteiger charge is 2.13. The van der Waals surface area contributed by atoms with Crippen LogP contribution in [0.15, 0.2) is 56.9 Å². The number of thioether (sulfide) groups is 1. The lowest BCUT2D eigenvalue weighted by molar-refractivity contribution is 0.658. The Morgan fingerprint density at radius 3 is 2.83 bits per heavy atom. The Hall–Kier alpha value is -1.81. The van der Waals surface area contributed by atoms with E-state index in [1.807, 2.05) is 24.3 Å². The molecule has 0 radical (unpaired) electrons. The second kappa shape index (κ2) is 7.39. The molecule has 3 aromatic rings. The van der Waals surface area contributed by atoms with Crippen LogP contribution in [0.4, 0.5) is 0 Å². The average Bonchev–Trinajstić information content (AvgIpc) is 2.58. The van der Waals surface area contributed by atoms with Crippen LogP contribution in [0.3, 0.4) is 0 Å². The first-order chi connectivity index (χ1) is 11.6. The van der Waals surface area contributed by atoms with E-state index in [9.17, 15) is 4.79 Å². The van der Waals surface area contributed by atoms with Gasteiger partial charge < -0.3 is 0 Å². The SMILES string of the molecule is N#CCSc1nc2ccc(Br)cc2c(=O)n1Cc1ccccc1Cl. The van der Waals surface area contributed by atoms with E-state index in [1.165, 1.54) is 11.8 Å². The third-order valence-electron chi connectivity index (χ3n) is 3.43. The highest BCUT2D eigenvalue weighted by atomic mass is 79.9. The summed E-state index contributed by atoms with van der Waals surface area (Å²) >= 11 is 10.9. The fourth-order valence-corrected chi connectivity index (χ4v) is 3.53. The number of rotatable bonds is 4. The second-order valence-electron chi connectivity index (χ2n) is 4.99. The predicted molar refractivity (Wildman–Crippen MR) is 101 cm³/mol. The van der Waals surface area contributed by atoms with Crippen LogP contribution in [-0.4, -0.2) is 15.3 Å². The van der Waals surface area contributed by atoms with E-state index in [0.29, 0.717) is 27.6 Å². The van der Waals surface area contributed by atoms with Crippen molar-refractivity contribution in [1.29, 1.82) is 5.26 Å². The molecule has 7 heteroatoms. The van der Waals surface area contributed by atoms with Gasteiger partial charge in [-0.1, -0.05) is 57.5 Å². The van der Waals surface area contributed by atoms with Crippen molar-refractivity contribution in [3.8, 4) is 6.07 Å². The largest absolute Gasteiger partial charge is 0.283 e. The van der Waals surface area contributed by atoms with Crippen molar-refractivity contribution >= 4 is 50.2 Å². The third kappa shape index (κ3) is 3.48. The smallest absolute Gasteiger partial charge is 0.262 e. The molecule has 0 aliphatic carbocycles. The number of aromatic nitrogens is 2. The van der Waals surface area contributed by atoms with Crippen LogP contribution in [-0.2, 0) is 6.54 Å². The summed E-state index contributed by atoms with van der Waals surface area (Å²) in [5.74, 6) is 0.219. The van der Waals surface area contributed by atoms with Crippen LogP contribution in [0.2, 0.25) is 5.02 Å². The average molecular weight is 421 g/mol. The first kappa shape index (κ1) is 17.0. The molecule has 0 spiro atoms. The summed E-state index contributed by atoms with van der Waals surface area (Å²) in [4.78, 5) is 17.5. The number of hydrogen-bond donors (Lipinski definition) is 0. The number of nitrogens with zero attached hydrogens (tertiary/aromatic N) is 3. The van der Waals surface area contributed by atoms with Gasteiger partial charge in [-0.05, 0) is 29.8 Å². The molecule has 0 unspecified atom stereocenters. The fraction of sp³-hybridized carbons (Fsp3) is 0.118. The van der Waals surface area contributed by atoms with Crippen molar-refractivity contribution in [3.63, 3.8) is 0 Å². The minimum Gasteiger partial charge on any atom is -0.283 e. The molecule has 0 saturated heterocycles. The Morgan fingerprint density at radius 2 is 2.08 bits per heavy atom. The van der Waals surface area contributed by atoms with Crippen molar-refractivity contribution in [1.82, 2.24) is 9.55 Å². The Labute approximate surface area is 156 Å². The van der Waals surface area contributed by atoms with E-state index in [-0.39, 0.29) is 11.3 Å². The van der Waals surface area contributed by atoms with Crippen LogP contribution in [0.1, 0.15) is 5.56 Å². The maximum atomic E-state index is 12.9. The van der Waals surface area contributed by atoms with E-state index in [0.717, 1.165) is 10.0 Å². The molecule has 0 aliphatic rings. The van der Waals surface area contributed by atoms with Gasteiger partial charge in [-0.15, -0.1) is 0 Å². The molecular formula is C17H11BrClN3OS. The monoisotopic (exact) mass is 419 g/mol. The highest BCUT2D eigenvalue weighted by molar-refractivity contribution is 9.10. The summed E-state index contributed by atoms with van der Waals surface area (Å²) in [7, 11) is 0. The third-order valence-corrected chi connectivity index (χ3v) is 5.14. The molecule has 0 atom stereocenters. The zero-order valence-electron chi connectivity index (χ0n) is 12.4. The number of hydrogen-bond acceptors (Lipinski definition) is 4. The number of halogens is 2. The lowest BCUT2D eigenvalue weighted by atomic mass is 10.2. The standard InChI is InChI=1S/C17H11BrClN3OS/c18-12-5-6-15-13(9-12)16(23)22(17(21-15)24-8-7-20)10-11-3-1-2-4-14(11)19/h1-6,9H,8,10H2. The summed E-state index contributed by atoms with van der Waals surface area (Å²) < 4.78 is 2.38.